The molecule has 0 unspecified atom stereocenters. The summed E-state index contributed by atoms with van der Waals surface area (Å²) in [6, 6.07) is 0. The molecule has 0 atom stereocenters. The average Bonchev–Trinajstić information content (AvgIpc) is 2.96. The van der Waals surface area contributed by atoms with Crippen LogP contribution in [0.25, 0.3) is 0 Å². The maximum Gasteiger partial charge on any atom is 0.158 e. The minimum absolute atomic E-state index is 0.0592. The van der Waals surface area contributed by atoms with Crippen molar-refractivity contribution in [3.63, 3.8) is 0 Å². The van der Waals surface area contributed by atoms with Gasteiger partial charge in [-0.3, -0.25) is 4.79 Å². The molecule has 0 heterocycles. The van der Waals surface area contributed by atoms with Gasteiger partial charge in [-0.25, -0.2) is 0 Å². The quantitative estimate of drug-likeness (QED) is 0.146. The summed E-state index contributed by atoms with van der Waals surface area (Å²) in [6.07, 6.45) is 33.4. The summed E-state index contributed by atoms with van der Waals surface area (Å²) in [7, 11) is 0. The molecule has 2 aliphatic rings. The zero-order valence-electron chi connectivity index (χ0n) is 33.3. The van der Waals surface area contributed by atoms with Crippen molar-refractivity contribution in [2.24, 2.45) is 16.7 Å². The molecule has 2 aliphatic carbocycles. The number of hydrogen-bond acceptors (Lipinski definition) is 2. The molecule has 0 amide bonds. The van der Waals surface area contributed by atoms with Gasteiger partial charge in [-0.15, -0.1) is 0 Å². The van der Waals surface area contributed by atoms with Crippen molar-refractivity contribution in [3.05, 3.63) is 117 Å². The van der Waals surface area contributed by atoms with Gasteiger partial charge in [0.05, 0.1) is 12.7 Å². The molecule has 0 aromatic rings. The van der Waals surface area contributed by atoms with Crippen LogP contribution in [0.3, 0.4) is 0 Å². The molecule has 0 N–H and O–H groups in total. The van der Waals surface area contributed by atoms with Crippen LogP contribution in [0.2, 0.25) is 0 Å². The fourth-order valence-electron chi connectivity index (χ4n) is 6.14. The zero-order valence-corrected chi connectivity index (χ0v) is 33.3. The van der Waals surface area contributed by atoms with Gasteiger partial charge in [0.15, 0.2) is 5.78 Å². The fraction of sp³-hybridized carbons (Fsp3) is 0.543. The molecule has 0 aliphatic heterocycles. The second kappa shape index (κ2) is 21.2. The van der Waals surface area contributed by atoms with Crippen LogP contribution in [0.5, 0.6) is 0 Å². The molecule has 0 aromatic heterocycles. The molecular formula is C46H70O2. The Kier molecular flexibility index (Phi) is 19.0. The largest absolute Gasteiger partial charge is 0.375 e. The standard InChI is InChI=1S/C23H36O.C23H34O/c1-18(2)24-17-15-20(4)11-8-10-19(3)13-14-22-21(5)12-9-16-23(22,6)7;1-17(2)22(24)16-19(4)11-8-10-18(3)13-14-21-20(5)12-9-15-23(21,6)7/h8,10-11,13-15,18H,9,12,16-17H2,1-7H3;8,10-11,13-14,16-17H,9,12,15H2,1-7H3/b11-8+,14-13+,19-10+,20-15+;11-8+,14-13+,18-10+,19-16+. The van der Waals surface area contributed by atoms with Crippen molar-refractivity contribution in [2.45, 2.75) is 142 Å². The van der Waals surface area contributed by atoms with Crippen LogP contribution in [0.15, 0.2) is 117 Å². The summed E-state index contributed by atoms with van der Waals surface area (Å²) in [4.78, 5) is 11.7. The van der Waals surface area contributed by atoms with Crippen LogP contribution in [0.4, 0.5) is 0 Å². The third kappa shape index (κ3) is 16.9. The first-order valence-electron chi connectivity index (χ1n) is 18.3. The first-order chi connectivity index (χ1) is 22.4. The lowest BCUT2D eigenvalue weighted by Gasteiger charge is -2.33. The van der Waals surface area contributed by atoms with E-state index in [0.717, 1.165) is 5.57 Å². The Balaban J connectivity index is 0.000000480. The predicted molar refractivity (Wildman–Crippen MR) is 213 cm³/mol. The van der Waals surface area contributed by atoms with Crippen molar-refractivity contribution < 1.29 is 9.53 Å². The molecule has 0 aromatic carbocycles. The number of carbonyl (C=O) groups is 1. The van der Waals surface area contributed by atoms with E-state index in [9.17, 15) is 4.79 Å². The molecule has 2 heteroatoms. The lowest BCUT2D eigenvalue weighted by molar-refractivity contribution is -0.117. The van der Waals surface area contributed by atoms with E-state index in [-0.39, 0.29) is 23.2 Å². The Morgan fingerprint density at radius 1 is 0.688 bits per heavy atom. The van der Waals surface area contributed by atoms with Crippen LogP contribution in [-0.2, 0) is 9.53 Å². The predicted octanol–water partition coefficient (Wildman–Crippen LogP) is 13.7. The van der Waals surface area contributed by atoms with E-state index in [4.69, 9.17) is 4.74 Å². The number of rotatable bonds is 13. The van der Waals surface area contributed by atoms with E-state index in [2.05, 4.69) is 131 Å². The van der Waals surface area contributed by atoms with Crippen molar-refractivity contribution in [3.8, 4) is 0 Å². The summed E-state index contributed by atoms with van der Waals surface area (Å²) < 4.78 is 5.53. The van der Waals surface area contributed by atoms with Crippen molar-refractivity contribution in [1.29, 1.82) is 0 Å². The summed E-state index contributed by atoms with van der Waals surface area (Å²) in [6.45, 7) is 31.0. The molecular weight excluding hydrogens is 585 g/mol. The first kappa shape index (κ1) is 43.1. The van der Waals surface area contributed by atoms with Gasteiger partial charge >= 0.3 is 0 Å². The van der Waals surface area contributed by atoms with Crippen LogP contribution in [-0.4, -0.2) is 18.5 Å². The number of carbonyl (C=O) groups excluding carboxylic acids is 1. The van der Waals surface area contributed by atoms with Gasteiger partial charge < -0.3 is 4.74 Å². The Morgan fingerprint density at radius 2 is 1.12 bits per heavy atom. The monoisotopic (exact) mass is 655 g/mol. The lowest BCUT2D eigenvalue weighted by Crippen LogP contribution is -2.19. The molecule has 266 valence electrons. The van der Waals surface area contributed by atoms with Crippen molar-refractivity contribution >= 4 is 5.78 Å². The molecule has 48 heavy (non-hydrogen) atoms. The van der Waals surface area contributed by atoms with Gasteiger partial charge in [-0.1, -0.05) is 136 Å². The summed E-state index contributed by atoms with van der Waals surface area (Å²) in [5, 5.41) is 0. The fourth-order valence-corrected chi connectivity index (χ4v) is 6.14. The van der Waals surface area contributed by atoms with Crippen molar-refractivity contribution in [1.82, 2.24) is 0 Å². The highest BCUT2D eigenvalue weighted by Gasteiger charge is 2.27. The maximum atomic E-state index is 11.7. The van der Waals surface area contributed by atoms with Gasteiger partial charge in [-0.2, -0.15) is 0 Å². The number of allylic oxidation sites excluding steroid dienone is 19. The van der Waals surface area contributed by atoms with E-state index < -0.39 is 0 Å². The molecule has 0 saturated heterocycles. The van der Waals surface area contributed by atoms with Gasteiger partial charge in [0.1, 0.15) is 0 Å². The minimum Gasteiger partial charge on any atom is -0.375 e. The maximum absolute atomic E-state index is 11.7. The Morgan fingerprint density at radius 3 is 1.52 bits per heavy atom. The highest BCUT2D eigenvalue weighted by atomic mass is 16.5. The lowest BCUT2D eigenvalue weighted by atomic mass is 9.72. The van der Waals surface area contributed by atoms with E-state index in [1.807, 2.05) is 32.9 Å². The number of ether oxygens (including phenoxy) is 1. The Bertz CT molecular complexity index is 1370. The molecule has 0 radical (unpaired) electrons. The van der Waals surface area contributed by atoms with Crippen LogP contribution in [0.1, 0.15) is 135 Å². The van der Waals surface area contributed by atoms with Crippen molar-refractivity contribution in [2.75, 3.05) is 6.61 Å². The summed E-state index contributed by atoms with van der Waals surface area (Å²) in [5.41, 5.74) is 11.4. The molecule has 2 nitrogen and oxygen atoms in total. The minimum atomic E-state index is 0.0592. The average molecular weight is 655 g/mol. The second-order valence-electron chi connectivity index (χ2n) is 15.8. The van der Waals surface area contributed by atoms with Gasteiger partial charge in [-0.05, 0) is 128 Å². The van der Waals surface area contributed by atoms with Gasteiger partial charge in [0, 0.05) is 5.92 Å². The van der Waals surface area contributed by atoms with E-state index in [1.54, 1.807) is 11.6 Å². The molecule has 0 bridgehead atoms. The highest BCUT2D eigenvalue weighted by Crippen LogP contribution is 2.41. The molecule has 0 fully saturated rings. The van der Waals surface area contributed by atoms with Crippen LogP contribution < -0.4 is 0 Å². The zero-order chi connectivity index (χ0) is 36.5. The molecule has 0 spiro atoms. The SMILES string of the molecule is CC1=C(/C=C/C(C)=C/C=C/C(C)=C/C(=O)C(C)C)C(C)(C)CCC1.CC1=C(/C=C/C(C)=C/C=C/C(C)=C/COC(C)C)C(C)(C)CCC1. The second-order valence-corrected chi connectivity index (χ2v) is 15.8. The third-order valence-electron chi connectivity index (χ3n) is 9.32. The molecule has 0 saturated carbocycles. The van der Waals surface area contributed by atoms with Crippen LogP contribution >= 0.6 is 0 Å². The molecule has 2 rings (SSSR count). The highest BCUT2D eigenvalue weighted by molar-refractivity contribution is 5.92. The third-order valence-corrected chi connectivity index (χ3v) is 9.32. The Hall–Kier alpha value is -2.97. The smallest absolute Gasteiger partial charge is 0.158 e. The summed E-state index contributed by atoms with van der Waals surface area (Å²) >= 11 is 0. The number of hydrogen-bond donors (Lipinski definition) is 0. The van der Waals surface area contributed by atoms with E-state index >= 15 is 0 Å². The van der Waals surface area contributed by atoms with Gasteiger partial charge in [0.2, 0.25) is 0 Å². The van der Waals surface area contributed by atoms with E-state index in [0.29, 0.717) is 12.0 Å². The summed E-state index contributed by atoms with van der Waals surface area (Å²) in [5.74, 6) is 0.239. The number of ketones is 1. The normalized spacial score (nSPS) is 19.9. The Labute approximate surface area is 297 Å². The first-order valence-corrected chi connectivity index (χ1v) is 18.3. The van der Waals surface area contributed by atoms with Crippen LogP contribution in [0, 0.1) is 16.7 Å². The van der Waals surface area contributed by atoms with Gasteiger partial charge in [0.25, 0.3) is 0 Å². The topological polar surface area (TPSA) is 26.3 Å². The van der Waals surface area contributed by atoms with E-state index in [1.165, 1.54) is 72.0 Å².